The van der Waals surface area contributed by atoms with Gasteiger partial charge in [-0.15, -0.1) is 0 Å². The Morgan fingerprint density at radius 2 is 1.12 bits per heavy atom. The average Bonchev–Trinajstić information content (AvgIpc) is 1.65. The van der Waals surface area contributed by atoms with Crippen LogP contribution in [0.15, 0.2) is 12.2 Å². The molecule has 8 heavy (non-hydrogen) atoms. The van der Waals surface area contributed by atoms with Gasteiger partial charge in [0.05, 0.1) is 0 Å². The molecule has 0 saturated heterocycles. The zero-order valence-electron chi connectivity index (χ0n) is 4.60. The first kappa shape index (κ1) is 12.0. The van der Waals surface area contributed by atoms with Crippen LogP contribution in [0.2, 0.25) is 0 Å². The van der Waals surface area contributed by atoms with Gasteiger partial charge in [-0.2, -0.15) is 0 Å². The fourth-order valence-corrected chi connectivity index (χ4v) is 0. The Morgan fingerprint density at radius 1 is 1.00 bits per heavy atom. The van der Waals surface area contributed by atoms with Gasteiger partial charge in [0.15, 0.2) is 0 Å². The molecular formula is C4H8Cl3Pt. The van der Waals surface area contributed by atoms with E-state index >= 15 is 0 Å². The van der Waals surface area contributed by atoms with Gasteiger partial charge in [-0.3, -0.25) is 0 Å². The van der Waals surface area contributed by atoms with E-state index in [0.717, 1.165) is 0 Å². The normalized spacial score (nSPS) is 10.4. The van der Waals surface area contributed by atoms with Crippen molar-refractivity contribution in [2.24, 2.45) is 0 Å². The maximum atomic E-state index is 4.96. The van der Waals surface area contributed by atoms with E-state index in [1.54, 1.807) is 0 Å². The Bertz CT molecular complexity index is 46.5. The predicted molar refractivity (Wildman–Crippen MR) is 38.0 cm³/mol. The molecule has 0 aliphatic heterocycles. The van der Waals surface area contributed by atoms with Crippen LogP contribution in [-0.4, -0.2) is 0 Å². The molecule has 0 radical (unpaired) electrons. The minimum absolute atomic E-state index is 1.85. The summed E-state index contributed by atoms with van der Waals surface area (Å²) < 4.78 is 0. The molecular weight excluding hydrogens is 349 g/mol. The third kappa shape index (κ3) is 54.8. The van der Waals surface area contributed by atoms with E-state index in [-0.39, 0.29) is 0 Å². The number of rotatable bonds is 0. The van der Waals surface area contributed by atoms with Crippen LogP contribution < -0.4 is 0 Å². The molecule has 4 heteroatoms. The van der Waals surface area contributed by atoms with E-state index in [4.69, 9.17) is 28.3 Å². The van der Waals surface area contributed by atoms with Crippen molar-refractivity contribution >= 4 is 28.3 Å². The molecule has 0 amide bonds. The minimum atomic E-state index is -1.85. The average molecular weight is 358 g/mol. The predicted octanol–water partition coefficient (Wildman–Crippen LogP) is 3.65. The topological polar surface area (TPSA) is 0 Å². The molecule has 0 unspecified atom stereocenters. The first-order valence-corrected chi connectivity index (χ1v) is 10.3. The second kappa shape index (κ2) is 11.1. The number of hydrogen-bond acceptors (Lipinski definition) is 0. The molecule has 0 N–H and O–H groups in total. The molecule has 0 aliphatic rings. The molecule has 0 aromatic rings. The molecule has 0 fully saturated rings. The zero-order valence-corrected chi connectivity index (χ0v) is 9.14. The van der Waals surface area contributed by atoms with E-state index in [1.807, 2.05) is 26.0 Å². The summed E-state index contributed by atoms with van der Waals surface area (Å²) in [6.07, 6.45) is 4.00. The number of hydrogen-bond donors (Lipinski definition) is 0. The number of halogens is 3. The van der Waals surface area contributed by atoms with Crippen molar-refractivity contribution in [1.29, 1.82) is 0 Å². The molecule has 0 atom stereocenters. The summed E-state index contributed by atoms with van der Waals surface area (Å²) in [5, 5.41) is 0. The van der Waals surface area contributed by atoms with Gasteiger partial charge in [-0.05, 0) is 13.8 Å². The van der Waals surface area contributed by atoms with Crippen LogP contribution in [0, 0.1) is 0 Å². The van der Waals surface area contributed by atoms with Gasteiger partial charge in [0.25, 0.3) is 0 Å². The summed E-state index contributed by atoms with van der Waals surface area (Å²) in [7, 11) is 14.9. The Balaban J connectivity index is 0. The molecule has 0 heterocycles. The molecule has 0 aliphatic carbocycles. The maximum absolute atomic E-state index is 4.96. The monoisotopic (exact) mass is 356 g/mol. The van der Waals surface area contributed by atoms with Crippen molar-refractivity contribution in [1.82, 2.24) is 0 Å². The molecule has 0 aromatic heterocycles. The summed E-state index contributed by atoms with van der Waals surface area (Å²) in [6.45, 7) is 4.00. The SMILES string of the molecule is CC=CC.[Cl][Pt]([Cl])[Cl]. The van der Waals surface area contributed by atoms with Crippen LogP contribution in [0.5, 0.6) is 0 Å². The molecule has 0 saturated carbocycles. The third-order valence-corrected chi connectivity index (χ3v) is 0.333. The molecule has 0 spiro atoms. The van der Waals surface area contributed by atoms with Crippen LogP contribution in [-0.2, 0) is 14.2 Å². The van der Waals surface area contributed by atoms with Crippen molar-refractivity contribution in [3.63, 3.8) is 0 Å². The third-order valence-electron chi connectivity index (χ3n) is 0.333. The van der Waals surface area contributed by atoms with Crippen molar-refractivity contribution in [2.75, 3.05) is 0 Å². The fraction of sp³-hybridized carbons (Fsp3) is 0.500. The van der Waals surface area contributed by atoms with E-state index in [9.17, 15) is 0 Å². The van der Waals surface area contributed by atoms with Crippen LogP contribution in [0.4, 0.5) is 0 Å². The molecule has 0 nitrogen and oxygen atoms in total. The Morgan fingerprint density at radius 3 is 1.12 bits per heavy atom. The summed E-state index contributed by atoms with van der Waals surface area (Å²) in [5.74, 6) is 0. The second-order valence-electron chi connectivity index (χ2n) is 0.802. The number of allylic oxidation sites excluding steroid dienone is 2. The quantitative estimate of drug-likeness (QED) is 0.581. The van der Waals surface area contributed by atoms with E-state index < -0.39 is 14.2 Å². The van der Waals surface area contributed by atoms with Gasteiger partial charge in [0.2, 0.25) is 0 Å². The fourth-order valence-electron chi connectivity index (χ4n) is 0. The summed E-state index contributed by atoms with van der Waals surface area (Å²) >= 11 is -1.85. The van der Waals surface area contributed by atoms with Crippen LogP contribution in [0.3, 0.4) is 0 Å². The van der Waals surface area contributed by atoms with Crippen LogP contribution in [0.25, 0.3) is 0 Å². The van der Waals surface area contributed by atoms with E-state index in [2.05, 4.69) is 0 Å². The Kier molecular flexibility index (Phi) is 16.7. The second-order valence-corrected chi connectivity index (χ2v) is 10.7. The first-order chi connectivity index (χ1) is 3.65. The molecule has 0 aromatic carbocycles. The summed E-state index contributed by atoms with van der Waals surface area (Å²) in [4.78, 5) is 0. The van der Waals surface area contributed by atoms with Gasteiger partial charge in [-0.25, -0.2) is 0 Å². The summed E-state index contributed by atoms with van der Waals surface area (Å²) in [6, 6.07) is 0. The van der Waals surface area contributed by atoms with Crippen LogP contribution >= 0.6 is 28.3 Å². The van der Waals surface area contributed by atoms with Crippen molar-refractivity contribution < 1.29 is 14.2 Å². The van der Waals surface area contributed by atoms with E-state index in [0.29, 0.717) is 0 Å². The Labute approximate surface area is 68.1 Å². The Hall–Kier alpha value is 1.30. The van der Waals surface area contributed by atoms with Gasteiger partial charge in [0.1, 0.15) is 0 Å². The molecule has 55 valence electrons. The van der Waals surface area contributed by atoms with Gasteiger partial charge in [0, 0.05) is 0 Å². The van der Waals surface area contributed by atoms with E-state index in [1.165, 1.54) is 0 Å². The van der Waals surface area contributed by atoms with Gasteiger partial charge < -0.3 is 0 Å². The molecule has 0 bridgehead atoms. The van der Waals surface area contributed by atoms with Crippen molar-refractivity contribution in [3.8, 4) is 0 Å². The molecule has 0 rings (SSSR count). The van der Waals surface area contributed by atoms with Crippen molar-refractivity contribution in [3.05, 3.63) is 12.2 Å². The van der Waals surface area contributed by atoms with Gasteiger partial charge in [-0.1, -0.05) is 12.2 Å². The zero-order chi connectivity index (χ0) is 6.99. The standard InChI is InChI=1S/C4H8.3ClH.Pt/c1-3-4-2;;;;/h3-4H,1-2H3;3*1H;/q;;;;+3/p-3. The van der Waals surface area contributed by atoms with Crippen LogP contribution in [0.1, 0.15) is 13.8 Å². The first-order valence-electron chi connectivity index (χ1n) is 1.85. The van der Waals surface area contributed by atoms with Gasteiger partial charge >= 0.3 is 42.4 Å². The summed E-state index contributed by atoms with van der Waals surface area (Å²) in [5.41, 5.74) is 0. The van der Waals surface area contributed by atoms with Crippen molar-refractivity contribution in [2.45, 2.75) is 13.8 Å².